The molecule has 10 heteroatoms. The van der Waals surface area contributed by atoms with E-state index in [-0.39, 0.29) is 23.5 Å². The molecule has 0 unspecified atom stereocenters. The van der Waals surface area contributed by atoms with Crippen molar-refractivity contribution in [2.45, 2.75) is 12.8 Å². The molecule has 0 saturated carbocycles. The average Bonchev–Trinajstić information content (AvgIpc) is 3.48. The lowest BCUT2D eigenvalue weighted by molar-refractivity contribution is 0.0981. The summed E-state index contributed by atoms with van der Waals surface area (Å²) in [5.74, 6) is -1.26. The lowest BCUT2D eigenvalue weighted by atomic mass is 9.99. The van der Waals surface area contributed by atoms with Crippen molar-refractivity contribution in [3.8, 4) is 33.8 Å². The first kappa shape index (κ1) is 26.7. The van der Waals surface area contributed by atoms with E-state index in [0.29, 0.717) is 46.6 Å². The van der Waals surface area contributed by atoms with E-state index in [4.69, 9.17) is 21.1 Å². The van der Waals surface area contributed by atoms with E-state index < -0.39 is 17.4 Å². The summed E-state index contributed by atoms with van der Waals surface area (Å²) in [6, 6.07) is 18.2. The third kappa shape index (κ3) is 5.47. The minimum absolute atomic E-state index is 0.0563. The molecule has 0 saturated heterocycles. The molecule has 0 aliphatic heterocycles. The molecule has 0 aliphatic carbocycles. The second-order valence-electron chi connectivity index (χ2n) is 8.73. The Balaban J connectivity index is 1.50. The van der Waals surface area contributed by atoms with Crippen LogP contribution in [0.3, 0.4) is 0 Å². The lowest BCUT2D eigenvalue weighted by Crippen LogP contribution is -2.05. The smallest absolute Gasteiger partial charge is 0.242 e. The van der Waals surface area contributed by atoms with Crippen molar-refractivity contribution >= 4 is 38.9 Å². The number of carbonyl (C=O) groups excluding carboxylic acids is 1. The second kappa shape index (κ2) is 11.4. The molecule has 2 N–H and O–H groups in total. The van der Waals surface area contributed by atoms with Gasteiger partial charge in [0, 0.05) is 13.5 Å². The van der Waals surface area contributed by atoms with Crippen LogP contribution in [0, 0.1) is 5.82 Å². The Labute approximate surface area is 232 Å². The van der Waals surface area contributed by atoms with Gasteiger partial charge in [0.2, 0.25) is 5.88 Å². The maximum Gasteiger partial charge on any atom is 0.242 e. The molecule has 200 valence electrons. The predicted molar refractivity (Wildman–Crippen MR) is 149 cm³/mol. The van der Waals surface area contributed by atoms with Gasteiger partial charge < -0.3 is 19.7 Å². The maximum atomic E-state index is 13.8. The molecule has 0 bridgehead atoms. The van der Waals surface area contributed by atoms with Gasteiger partial charge in [0.15, 0.2) is 16.7 Å². The highest BCUT2D eigenvalue weighted by molar-refractivity contribution is 7.21. The fourth-order valence-electron chi connectivity index (χ4n) is 4.26. The largest absolute Gasteiger partial charge is 0.503 e. The number of aromatic hydroxyl groups is 2. The summed E-state index contributed by atoms with van der Waals surface area (Å²) in [6.07, 6.45) is 0.447. The molecule has 2 heterocycles. The van der Waals surface area contributed by atoms with Crippen LogP contribution in [0.2, 0.25) is 5.02 Å². The number of thiazole rings is 1. The first-order valence-corrected chi connectivity index (χ1v) is 13.3. The zero-order valence-corrected chi connectivity index (χ0v) is 22.4. The van der Waals surface area contributed by atoms with Crippen LogP contribution in [0.5, 0.6) is 17.4 Å². The summed E-state index contributed by atoms with van der Waals surface area (Å²) >= 11 is 7.55. The number of aryl methyl sites for hydroxylation is 1. The molecular weight excluding hydrogens is 543 g/mol. The molecule has 5 rings (SSSR count). The van der Waals surface area contributed by atoms with Crippen LogP contribution in [-0.2, 0) is 11.2 Å². The number of halogens is 2. The van der Waals surface area contributed by atoms with E-state index in [2.05, 4.69) is 4.98 Å². The standard InChI is InChI=1S/C29H24ClFN2O5S/c1-37-15-16-38-20-12-5-17(6-13-20)7-14-22(34)24-26(18-8-10-19(31)11-9-18)33(28(36)27(24)35)29-32-25-21(30)3-2-4-23(25)39-29/h2-6,8-13,35-36H,7,14-16H2,1H3. The number of ketones is 1. The van der Waals surface area contributed by atoms with Gasteiger partial charge in [-0.2, -0.15) is 0 Å². The minimum Gasteiger partial charge on any atom is -0.503 e. The number of ether oxygens (including phenoxy) is 2. The summed E-state index contributed by atoms with van der Waals surface area (Å²) < 4.78 is 26.4. The van der Waals surface area contributed by atoms with Crippen molar-refractivity contribution in [3.05, 3.63) is 88.7 Å². The minimum atomic E-state index is -0.563. The Morgan fingerprint density at radius 2 is 1.79 bits per heavy atom. The molecule has 7 nitrogen and oxygen atoms in total. The Morgan fingerprint density at radius 1 is 1.05 bits per heavy atom. The predicted octanol–water partition coefficient (Wildman–Crippen LogP) is 6.80. The Kier molecular flexibility index (Phi) is 7.83. The van der Waals surface area contributed by atoms with Gasteiger partial charge in [0.05, 0.1) is 27.6 Å². The van der Waals surface area contributed by atoms with Crippen LogP contribution in [0.25, 0.3) is 26.6 Å². The molecule has 5 aromatic rings. The molecule has 2 aromatic heterocycles. The molecule has 39 heavy (non-hydrogen) atoms. The number of para-hydroxylation sites is 1. The first-order valence-electron chi connectivity index (χ1n) is 12.1. The van der Waals surface area contributed by atoms with Crippen molar-refractivity contribution in [2.75, 3.05) is 20.3 Å². The quantitative estimate of drug-likeness (QED) is 0.143. The summed E-state index contributed by atoms with van der Waals surface area (Å²) in [4.78, 5) is 18.1. The Hall–Kier alpha value is -3.92. The molecule has 0 spiro atoms. The van der Waals surface area contributed by atoms with E-state index in [1.54, 1.807) is 19.2 Å². The zero-order valence-electron chi connectivity index (χ0n) is 20.9. The van der Waals surface area contributed by atoms with E-state index in [1.807, 2.05) is 30.3 Å². The highest BCUT2D eigenvalue weighted by Crippen LogP contribution is 2.45. The zero-order chi connectivity index (χ0) is 27.5. The highest BCUT2D eigenvalue weighted by atomic mass is 35.5. The van der Waals surface area contributed by atoms with Crippen molar-refractivity contribution in [3.63, 3.8) is 0 Å². The monoisotopic (exact) mass is 566 g/mol. The van der Waals surface area contributed by atoms with E-state index >= 15 is 0 Å². The van der Waals surface area contributed by atoms with Gasteiger partial charge in [-0.3, -0.25) is 9.36 Å². The van der Waals surface area contributed by atoms with Gasteiger partial charge in [-0.1, -0.05) is 41.1 Å². The summed E-state index contributed by atoms with van der Waals surface area (Å²) in [6.45, 7) is 0.911. The number of nitrogens with zero attached hydrogens (tertiary/aromatic N) is 2. The summed E-state index contributed by atoms with van der Waals surface area (Å²) in [5.41, 5.74) is 2.00. The van der Waals surface area contributed by atoms with Gasteiger partial charge in [0.25, 0.3) is 0 Å². The van der Waals surface area contributed by atoms with Crippen LogP contribution in [0.4, 0.5) is 4.39 Å². The van der Waals surface area contributed by atoms with Crippen LogP contribution < -0.4 is 4.74 Å². The number of hydrogen-bond donors (Lipinski definition) is 2. The molecule has 3 aromatic carbocycles. The fraction of sp³-hybridized carbons (Fsp3) is 0.172. The van der Waals surface area contributed by atoms with Crippen LogP contribution in [-0.4, -0.2) is 45.9 Å². The number of methoxy groups -OCH3 is 1. The number of benzene rings is 3. The summed E-state index contributed by atoms with van der Waals surface area (Å²) in [5, 5.41) is 22.7. The van der Waals surface area contributed by atoms with Crippen LogP contribution in [0.1, 0.15) is 22.3 Å². The van der Waals surface area contributed by atoms with Crippen molar-refractivity contribution in [2.24, 2.45) is 0 Å². The Morgan fingerprint density at radius 3 is 2.49 bits per heavy atom. The molecule has 0 fully saturated rings. The van der Waals surface area contributed by atoms with Crippen LogP contribution in [0.15, 0.2) is 66.7 Å². The maximum absolute atomic E-state index is 13.8. The summed E-state index contributed by atoms with van der Waals surface area (Å²) in [7, 11) is 1.60. The first-order chi connectivity index (χ1) is 18.9. The number of carbonyl (C=O) groups is 1. The lowest BCUT2D eigenvalue weighted by Gasteiger charge is -2.10. The van der Waals surface area contributed by atoms with E-state index in [9.17, 15) is 19.4 Å². The fourth-order valence-corrected chi connectivity index (χ4v) is 5.53. The van der Waals surface area contributed by atoms with E-state index in [0.717, 1.165) is 10.3 Å². The second-order valence-corrected chi connectivity index (χ2v) is 10.1. The number of fused-ring (bicyclic) bond motifs is 1. The number of Topliss-reactive ketones (excluding diaryl/α,β-unsaturated/α-hetero) is 1. The van der Waals surface area contributed by atoms with Crippen molar-refractivity contribution in [1.82, 2.24) is 9.55 Å². The van der Waals surface area contributed by atoms with Gasteiger partial charge in [-0.15, -0.1) is 0 Å². The van der Waals surface area contributed by atoms with E-state index in [1.165, 1.54) is 40.2 Å². The number of rotatable bonds is 10. The topological polar surface area (TPSA) is 93.8 Å². The van der Waals surface area contributed by atoms with Gasteiger partial charge in [-0.25, -0.2) is 9.37 Å². The van der Waals surface area contributed by atoms with Gasteiger partial charge in [0.1, 0.15) is 23.7 Å². The Bertz CT molecular complexity index is 1630. The molecule has 0 amide bonds. The van der Waals surface area contributed by atoms with Gasteiger partial charge >= 0.3 is 0 Å². The number of hydrogen-bond acceptors (Lipinski definition) is 7. The normalized spacial score (nSPS) is 11.3. The molecule has 0 atom stereocenters. The van der Waals surface area contributed by atoms with Crippen molar-refractivity contribution in [1.29, 1.82) is 0 Å². The number of aromatic nitrogens is 2. The molecule has 0 radical (unpaired) electrons. The van der Waals surface area contributed by atoms with Crippen LogP contribution >= 0.6 is 22.9 Å². The SMILES string of the molecule is COCCOc1ccc(CCC(=O)c2c(O)c(O)n(-c3nc4c(Cl)cccc4s3)c2-c2ccc(F)cc2)cc1. The average molecular weight is 567 g/mol. The van der Waals surface area contributed by atoms with Gasteiger partial charge in [-0.05, 0) is 66.1 Å². The van der Waals surface area contributed by atoms with Crippen molar-refractivity contribution < 1.29 is 28.9 Å². The molecule has 0 aliphatic rings. The third-order valence-corrected chi connectivity index (χ3v) is 7.50. The molecular formula is C29H24ClFN2O5S. The third-order valence-electron chi connectivity index (χ3n) is 6.19. The highest BCUT2D eigenvalue weighted by Gasteiger charge is 2.30.